The molecule has 4 rings (SSSR count). The van der Waals surface area contributed by atoms with Gasteiger partial charge in [0.05, 0.1) is 0 Å². The molecule has 176 valence electrons. The molecule has 11 heteroatoms. The number of benzene rings is 1. The maximum Gasteiger partial charge on any atom is 0.269 e. The van der Waals surface area contributed by atoms with E-state index in [0.29, 0.717) is 24.1 Å². The Morgan fingerprint density at radius 1 is 1.21 bits per heavy atom. The molecule has 0 spiro atoms. The largest absolute Gasteiger partial charge is 0.503 e. The molecule has 8 nitrogen and oxygen atoms in total. The molecule has 2 aliphatic rings. The third-order valence-corrected chi connectivity index (χ3v) is 6.74. The van der Waals surface area contributed by atoms with E-state index >= 15 is 0 Å². The number of carbonyl (C=O) groups is 2. The average molecular weight is 464 g/mol. The van der Waals surface area contributed by atoms with E-state index < -0.39 is 63.8 Å². The average Bonchev–Trinajstić information content (AvgIpc) is 3.32. The zero-order valence-electron chi connectivity index (χ0n) is 17.8. The van der Waals surface area contributed by atoms with Crippen molar-refractivity contribution < 1.29 is 27.9 Å². The fourth-order valence-corrected chi connectivity index (χ4v) is 5.01. The fraction of sp³-hybridized carbons (Fsp3) is 0.409. The van der Waals surface area contributed by atoms with E-state index in [-0.39, 0.29) is 12.6 Å². The highest BCUT2D eigenvalue weighted by Gasteiger charge is 2.44. The highest BCUT2D eigenvalue weighted by atomic mass is 19.1. The number of nitrogens with zero attached hydrogens (tertiary/aromatic N) is 2. The van der Waals surface area contributed by atoms with Crippen molar-refractivity contribution in [2.75, 3.05) is 7.05 Å². The number of nitrogens with two attached hydrogens (primary N) is 1. The van der Waals surface area contributed by atoms with Crippen LogP contribution in [0.4, 0.5) is 13.2 Å². The maximum atomic E-state index is 13.9. The Kier molecular flexibility index (Phi) is 5.91. The van der Waals surface area contributed by atoms with E-state index in [1.165, 1.54) is 4.57 Å². The van der Waals surface area contributed by atoms with Crippen molar-refractivity contribution >= 4 is 11.8 Å². The SMILES string of the molecule is CN1[C@H]2CC[C@H](C2)[C@H]1Cn1cc(C(=O)NCc2c(F)cc(F)cc2F)c(=O)c(O)c1C(N)=O. The van der Waals surface area contributed by atoms with E-state index in [1.54, 1.807) is 0 Å². The first-order valence-electron chi connectivity index (χ1n) is 10.5. The van der Waals surface area contributed by atoms with E-state index in [1.807, 2.05) is 7.05 Å². The predicted molar refractivity (Wildman–Crippen MR) is 111 cm³/mol. The molecule has 0 unspecified atom stereocenters. The van der Waals surface area contributed by atoms with Gasteiger partial charge >= 0.3 is 0 Å². The Labute approximate surface area is 186 Å². The van der Waals surface area contributed by atoms with Crippen LogP contribution in [-0.4, -0.2) is 45.5 Å². The van der Waals surface area contributed by atoms with Gasteiger partial charge in [-0.2, -0.15) is 0 Å². The summed E-state index contributed by atoms with van der Waals surface area (Å²) < 4.78 is 42.1. The van der Waals surface area contributed by atoms with E-state index in [4.69, 9.17) is 5.73 Å². The smallest absolute Gasteiger partial charge is 0.269 e. The summed E-state index contributed by atoms with van der Waals surface area (Å²) in [6.07, 6.45) is 4.20. The monoisotopic (exact) mass is 464 g/mol. The lowest BCUT2D eigenvalue weighted by Crippen LogP contribution is -2.42. The maximum absolute atomic E-state index is 13.9. The number of primary amides is 1. The van der Waals surface area contributed by atoms with Crippen LogP contribution in [0.5, 0.6) is 5.75 Å². The van der Waals surface area contributed by atoms with Crippen LogP contribution in [0, 0.1) is 23.4 Å². The molecule has 1 aromatic heterocycles. The van der Waals surface area contributed by atoms with Crippen LogP contribution < -0.4 is 16.5 Å². The second-order valence-corrected chi connectivity index (χ2v) is 8.58. The van der Waals surface area contributed by atoms with Gasteiger partial charge < -0.3 is 20.7 Å². The van der Waals surface area contributed by atoms with Crippen LogP contribution in [0.3, 0.4) is 0 Å². The Hall–Kier alpha value is -3.34. The summed E-state index contributed by atoms with van der Waals surface area (Å²) in [6.45, 7) is -0.449. The van der Waals surface area contributed by atoms with Crippen molar-refractivity contribution in [3.63, 3.8) is 0 Å². The molecular weight excluding hydrogens is 441 g/mol. The van der Waals surface area contributed by atoms with E-state index in [9.17, 15) is 32.7 Å². The molecule has 2 bridgehead atoms. The zero-order chi connectivity index (χ0) is 24.0. The number of likely N-dealkylation sites (tertiary alicyclic amines) is 1. The third kappa shape index (κ3) is 4.08. The number of halogens is 3. The first-order chi connectivity index (χ1) is 15.6. The van der Waals surface area contributed by atoms with Gasteiger partial charge in [-0.3, -0.25) is 19.3 Å². The molecule has 0 radical (unpaired) electrons. The lowest BCUT2D eigenvalue weighted by molar-refractivity contribution is 0.0939. The standard InChI is InChI=1S/C22H23F3N4O4/c1-28-12-3-2-10(4-12)17(28)9-29-8-14(19(30)20(31)18(29)21(26)32)22(33)27-7-13-15(24)5-11(23)6-16(13)25/h5-6,8,10,12,17,31H,2-4,7,9H2,1H3,(H2,26,32)(H,27,33)/t10-,12+,17-/m1/s1. The Morgan fingerprint density at radius 2 is 1.88 bits per heavy atom. The number of hydrogen-bond donors (Lipinski definition) is 3. The van der Waals surface area contributed by atoms with Crippen LogP contribution in [0.15, 0.2) is 23.1 Å². The summed E-state index contributed by atoms with van der Waals surface area (Å²) in [5, 5.41) is 12.6. The molecule has 2 fully saturated rings. The fourth-order valence-electron chi connectivity index (χ4n) is 5.01. The minimum atomic E-state index is -1.20. The molecule has 1 aromatic carbocycles. The minimum Gasteiger partial charge on any atom is -0.503 e. The predicted octanol–water partition coefficient (Wildman–Crippen LogP) is 1.48. The number of hydrogen-bond acceptors (Lipinski definition) is 5. The van der Waals surface area contributed by atoms with Crippen molar-refractivity contribution in [2.24, 2.45) is 11.7 Å². The molecule has 3 atom stereocenters. The topological polar surface area (TPSA) is 118 Å². The first kappa shape index (κ1) is 22.8. The van der Waals surface area contributed by atoms with Gasteiger partial charge in [0.15, 0.2) is 11.4 Å². The number of amides is 2. The van der Waals surface area contributed by atoms with Crippen molar-refractivity contribution in [2.45, 2.75) is 44.4 Å². The van der Waals surface area contributed by atoms with Gasteiger partial charge in [0.2, 0.25) is 5.43 Å². The molecule has 2 amide bonds. The van der Waals surface area contributed by atoms with Crippen molar-refractivity contribution in [1.29, 1.82) is 0 Å². The molecule has 1 saturated carbocycles. The number of likely N-dealkylation sites (N-methyl/N-ethyl adjacent to an activating group) is 1. The van der Waals surface area contributed by atoms with Crippen LogP contribution in [-0.2, 0) is 13.1 Å². The molecule has 33 heavy (non-hydrogen) atoms. The normalized spacial score (nSPS) is 22.0. The minimum absolute atomic E-state index is 0.0158. The molecule has 1 aliphatic heterocycles. The number of rotatable bonds is 6. The van der Waals surface area contributed by atoms with Gasteiger partial charge in [-0.15, -0.1) is 0 Å². The van der Waals surface area contributed by atoms with Crippen LogP contribution in [0.2, 0.25) is 0 Å². The van der Waals surface area contributed by atoms with Crippen molar-refractivity contribution in [3.05, 3.63) is 62.8 Å². The Morgan fingerprint density at radius 3 is 2.45 bits per heavy atom. The van der Waals surface area contributed by atoms with Gasteiger partial charge in [-0.05, 0) is 32.2 Å². The Bertz CT molecular complexity index is 1170. The van der Waals surface area contributed by atoms with Gasteiger partial charge in [0.25, 0.3) is 11.8 Å². The van der Waals surface area contributed by atoms with Crippen molar-refractivity contribution in [3.8, 4) is 5.75 Å². The number of nitrogens with one attached hydrogen (secondary N) is 1. The van der Waals surface area contributed by atoms with Gasteiger partial charge in [-0.1, -0.05) is 0 Å². The van der Waals surface area contributed by atoms with Crippen LogP contribution >= 0.6 is 0 Å². The molecule has 4 N–H and O–H groups in total. The second-order valence-electron chi connectivity index (χ2n) is 8.58. The summed E-state index contributed by atoms with van der Waals surface area (Å²) in [5.74, 6) is -6.17. The number of piperidine rings is 1. The first-order valence-corrected chi connectivity index (χ1v) is 10.5. The number of pyridine rings is 1. The number of fused-ring (bicyclic) bond motifs is 2. The lowest BCUT2D eigenvalue weighted by atomic mass is 9.98. The number of aromatic nitrogens is 1. The second kappa shape index (κ2) is 8.54. The molecular formula is C22H23F3N4O4. The Balaban J connectivity index is 1.64. The highest BCUT2D eigenvalue weighted by Crippen LogP contribution is 2.42. The summed E-state index contributed by atoms with van der Waals surface area (Å²) in [4.78, 5) is 39.4. The number of carbonyl (C=O) groups excluding carboxylic acids is 2. The van der Waals surface area contributed by atoms with Gasteiger partial charge in [0.1, 0.15) is 23.0 Å². The third-order valence-electron chi connectivity index (χ3n) is 6.74. The van der Waals surface area contributed by atoms with E-state index in [0.717, 1.165) is 25.5 Å². The van der Waals surface area contributed by atoms with E-state index in [2.05, 4.69) is 10.2 Å². The van der Waals surface area contributed by atoms with Crippen molar-refractivity contribution in [1.82, 2.24) is 14.8 Å². The molecule has 1 aliphatic carbocycles. The summed E-state index contributed by atoms with van der Waals surface area (Å²) in [5.41, 5.74) is 2.72. The lowest BCUT2D eigenvalue weighted by Gasteiger charge is -2.33. The van der Waals surface area contributed by atoms with Gasteiger partial charge in [0, 0.05) is 49.1 Å². The summed E-state index contributed by atoms with van der Waals surface area (Å²) in [6, 6.07) is 1.36. The van der Waals surface area contributed by atoms with Crippen LogP contribution in [0.25, 0.3) is 0 Å². The van der Waals surface area contributed by atoms with Crippen LogP contribution in [0.1, 0.15) is 45.7 Å². The zero-order valence-corrected chi connectivity index (χ0v) is 17.8. The van der Waals surface area contributed by atoms with Gasteiger partial charge in [-0.25, -0.2) is 13.2 Å². The molecule has 1 saturated heterocycles. The highest BCUT2D eigenvalue weighted by molar-refractivity contribution is 5.97. The summed E-state index contributed by atoms with van der Waals surface area (Å²) in [7, 11) is 1.96. The molecule has 2 aromatic rings. The summed E-state index contributed by atoms with van der Waals surface area (Å²) >= 11 is 0. The molecule has 2 heterocycles. The quantitative estimate of drug-likeness (QED) is 0.599. The number of aromatic hydroxyl groups is 1.